The number of carbonyl (C=O) groups is 2. The van der Waals surface area contributed by atoms with Gasteiger partial charge in [-0.1, -0.05) is 11.6 Å². The first-order chi connectivity index (χ1) is 12.6. The van der Waals surface area contributed by atoms with Gasteiger partial charge in [0.2, 0.25) is 15.8 Å². The number of sulfonamides is 1. The van der Waals surface area contributed by atoms with Gasteiger partial charge in [0.15, 0.2) is 5.75 Å². The molecule has 7 nitrogen and oxygen atoms in total. The molecule has 140 valence electrons. The van der Waals surface area contributed by atoms with E-state index in [1.165, 1.54) is 31.2 Å². The van der Waals surface area contributed by atoms with Crippen LogP contribution in [0.3, 0.4) is 0 Å². The van der Waals surface area contributed by atoms with Gasteiger partial charge in [-0.15, -0.1) is 0 Å². The summed E-state index contributed by atoms with van der Waals surface area (Å²) in [5, 5.41) is 1.02. The van der Waals surface area contributed by atoms with Gasteiger partial charge >= 0.3 is 5.97 Å². The van der Waals surface area contributed by atoms with Crippen LogP contribution in [-0.4, -0.2) is 31.4 Å². The minimum atomic E-state index is -3.42. The van der Waals surface area contributed by atoms with Crippen LogP contribution in [0, 0.1) is 0 Å². The second kappa shape index (κ2) is 7.05. The molecule has 9 heteroatoms. The molecule has 0 fully saturated rings. The minimum absolute atomic E-state index is 0.103. The van der Waals surface area contributed by atoms with Crippen LogP contribution in [-0.2, 0) is 14.8 Å². The van der Waals surface area contributed by atoms with Gasteiger partial charge in [-0.05, 0) is 42.5 Å². The summed E-state index contributed by atoms with van der Waals surface area (Å²) < 4.78 is 30.1. The van der Waals surface area contributed by atoms with Crippen LogP contribution in [0.5, 0.6) is 5.75 Å². The monoisotopic (exact) mass is 406 g/mol. The third-order valence-electron chi connectivity index (χ3n) is 3.64. The molecule has 2 N–H and O–H groups in total. The summed E-state index contributed by atoms with van der Waals surface area (Å²) in [5.41, 5.74) is 1.28. The number of esters is 1. The van der Waals surface area contributed by atoms with Crippen molar-refractivity contribution in [3.05, 3.63) is 58.7 Å². The zero-order valence-electron chi connectivity index (χ0n) is 14.4. The van der Waals surface area contributed by atoms with Gasteiger partial charge in [-0.2, -0.15) is 0 Å². The Morgan fingerprint density at radius 1 is 1.11 bits per heavy atom. The average Bonchev–Trinajstić information content (AvgIpc) is 2.90. The maximum absolute atomic E-state index is 12.9. The van der Waals surface area contributed by atoms with E-state index in [1.807, 2.05) is 0 Å². The molecule has 2 aromatic carbocycles. The number of aromatic amines is 1. The third-order valence-corrected chi connectivity index (χ3v) is 4.48. The van der Waals surface area contributed by atoms with Crippen molar-refractivity contribution < 1.29 is 22.7 Å². The Hall–Kier alpha value is -2.84. The molecule has 27 heavy (non-hydrogen) atoms. The maximum atomic E-state index is 12.9. The van der Waals surface area contributed by atoms with E-state index in [2.05, 4.69) is 9.71 Å². The van der Waals surface area contributed by atoms with Crippen molar-refractivity contribution >= 4 is 50.0 Å². The molecule has 0 spiro atoms. The van der Waals surface area contributed by atoms with E-state index in [0.29, 0.717) is 27.2 Å². The highest BCUT2D eigenvalue weighted by Gasteiger charge is 2.22. The molecule has 0 unspecified atom stereocenters. The minimum Gasteiger partial charge on any atom is -0.424 e. The predicted octanol–water partition coefficient (Wildman–Crippen LogP) is 3.35. The maximum Gasteiger partial charge on any atom is 0.308 e. The number of ketones is 1. The molecule has 3 aromatic rings. The normalized spacial score (nSPS) is 11.4. The van der Waals surface area contributed by atoms with Gasteiger partial charge in [0.1, 0.15) is 5.69 Å². The number of aromatic nitrogens is 1. The van der Waals surface area contributed by atoms with Gasteiger partial charge in [0.25, 0.3) is 0 Å². The van der Waals surface area contributed by atoms with Crippen LogP contribution in [0.15, 0.2) is 42.5 Å². The molecule has 0 saturated carbocycles. The highest BCUT2D eigenvalue weighted by molar-refractivity contribution is 7.92. The molecular weight excluding hydrogens is 392 g/mol. The summed E-state index contributed by atoms with van der Waals surface area (Å²) in [5.74, 6) is -0.852. The van der Waals surface area contributed by atoms with Crippen molar-refractivity contribution in [3.8, 4) is 5.75 Å². The molecule has 1 aromatic heterocycles. The topological polar surface area (TPSA) is 105 Å². The second-order valence-corrected chi connectivity index (χ2v) is 8.08. The Morgan fingerprint density at radius 3 is 2.37 bits per heavy atom. The molecule has 1 heterocycles. The number of hydrogen-bond donors (Lipinski definition) is 2. The Balaban J connectivity index is 2.03. The van der Waals surface area contributed by atoms with Crippen molar-refractivity contribution in [3.63, 3.8) is 0 Å². The predicted molar refractivity (Wildman–Crippen MR) is 103 cm³/mol. The molecule has 3 rings (SSSR count). The number of carbonyl (C=O) groups excluding carboxylic acids is 2. The molecular formula is C18H15ClN2O5S. The van der Waals surface area contributed by atoms with Crippen molar-refractivity contribution in [2.75, 3.05) is 11.0 Å². The second-order valence-electron chi connectivity index (χ2n) is 5.89. The fourth-order valence-electron chi connectivity index (χ4n) is 2.60. The van der Waals surface area contributed by atoms with E-state index in [-0.39, 0.29) is 11.4 Å². The van der Waals surface area contributed by atoms with Crippen LogP contribution < -0.4 is 9.46 Å². The summed E-state index contributed by atoms with van der Waals surface area (Å²) in [6.45, 7) is 1.24. The van der Waals surface area contributed by atoms with Crippen molar-refractivity contribution in [2.24, 2.45) is 0 Å². The summed E-state index contributed by atoms with van der Waals surface area (Å²) in [6.07, 6.45) is 1.03. The van der Waals surface area contributed by atoms with Crippen LogP contribution in [0.4, 0.5) is 5.69 Å². The van der Waals surface area contributed by atoms with Gasteiger partial charge in [-0.3, -0.25) is 14.3 Å². The van der Waals surface area contributed by atoms with Crippen molar-refractivity contribution in [1.29, 1.82) is 0 Å². The summed E-state index contributed by atoms with van der Waals surface area (Å²) in [4.78, 5) is 27.3. The van der Waals surface area contributed by atoms with Crippen molar-refractivity contribution in [2.45, 2.75) is 6.92 Å². The van der Waals surface area contributed by atoms with Gasteiger partial charge in [-0.25, -0.2) is 8.42 Å². The zero-order valence-corrected chi connectivity index (χ0v) is 15.9. The van der Waals surface area contributed by atoms with E-state index in [0.717, 1.165) is 6.26 Å². The van der Waals surface area contributed by atoms with Crippen LogP contribution in [0.25, 0.3) is 10.9 Å². The number of nitrogens with one attached hydrogen (secondary N) is 2. The number of benzene rings is 2. The quantitative estimate of drug-likeness (QED) is 0.499. The molecule has 0 atom stereocenters. The number of fused-ring (bicyclic) bond motifs is 1. The van der Waals surface area contributed by atoms with E-state index in [4.69, 9.17) is 16.3 Å². The highest BCUT2D eigenvalue weighted by Crippen LogP contribution is 2.33. The Morgan fingerprint density at radius 2 is 1.78 bits per heavy atom. The first-order valence-electron chi connectivity index (χ1n) is 7.76. The van der Waals surface area contributed by atoms with E-state index in [9.17, 15) is 18.0 Å². The standard InChI is InChI=1S/C18H15ClN2O5S/c1-10(22)26-18-14-8-5-12(19)9-15(14)20-16(18)17(23)11-3-6-13(7-4-11)21-27(2,24)25/h3-9,20-21H,1-2H3. The van der Waals surface area contributed by atoms with Crippen LogP contribution in [0.1, 0.15) is 23.0 Å². The Kier molecular flexibility index (Phi) is 4.95. The summed E-state index contributed by atoms with van der Waals surface area (Å²) >= 11 is 5.98. The molecule has 0 bridgehead atoms. The number of ether oxygens (including phenoxy) is 1. The van der Waals surface area contributed by atoms with E-state index >= 15 is 0 Å². The molecule has 0 amide bonds. The fraction of sp³-hybridized carbons (Fsp3) is 0.111. The lowest BCUT2D eigenvalue weighted by atomic mass is 10.1. The Bertz CT molecular complexity index is 1150. The van der Waals surface area contributed by atoms with Crippen LogP contribution >= 0.6 is 11.6 Å². The Labute approximate surface area is 160 Å². The van der Waals surface area contributed by atoms with Crippen LogP contribution in [0.2, 0.25) is 5.02 Å². The summed E-state index contributed by atoms with van der Waals surface area (Å²) in [7, 11) is -3.42. The molecule has 0 aliphatic rings. The number of anilines is 1. The lowest BCUT2D eigenvalue weighted by Gasteiger charge is -2.06. The van der Waals surface area contributed by atoms with E-state index < -0.39 is 21.8 Å². The largest absolute Gasteiger partial charge is 0.424 e. The van der Waals surface area contributed by atoms with Gasteiger partial charge in [0, 0.05) is 28.6 Å². The van der Waals surface area contributed by atoms with Crippen molar-refractivity contribution in [1.82, 2.24) is 4.98 Å². The molecule has 0 saturated heterocycles. The highest BCUT2D eigenvalue weighted by atomic mass is 35.5. The summed E-state index contributed by atoms with van der Waals surface area (Å²) in [6, 6.07) is 10.8. The lowest BCUT2D eigenvalue weighted by Crippen LogP contribution is -2.10. The number of hydrogen-bond acceptors (Lipinski definition) is 5. The van der Waals surface area contributed by atoms with Gasteiger partial charge < -0.3 is 9.72 Å². The number of halogens is 1. The lowest BCUT2D eigenvalue weighted by molar-refractivity contribution is -0.131. The average molecular weight is 407 g/mol. The first kappa shape index (κ1) is 18.9. The molecule has 0 radical (unpaired) electrons. The molecule has 0 aliphatic heterocycles. The molecule has 0 aliphatic carbocycles. The van der Waals surface area contributed by atoms with E-state index in [1.54, 1.807) is 18.2 Å². The zero-order chi connectivity index (χ0) is 19.8. The third kappa shape index (κ3) is 4.29. The SMILES string of the molecule is CC(=O)Oc1c(C(=O)c2ccc(NS(C)(=O)=O)cc2)[nH]c2cc(Cl)ccc12. The fourth-order valence-corrected chi connectivity index (χ4v) is 3.34. The van der Waals surface area contributed by atoms with Gasteiger partial charge in [0.05, 0.1) is 11.8 Å². The number of rotatable bonds is 5. The first-order valence-corrected chi connectivity index (χ1v) is 10.0. The number of H-pyrrole nitrogens is 1. The smallest absolute Gasteiger partial charge is 0.308 e.